The van der Waals surface area contributed by atoms with Gasteiger partial charge in [-0.3, -0.25) is 9.59 Å². The summed E-state index contributed by atoms with van der Waals surface area (Å²) >= 11 is 3.19. The van der Waals surface area contributed by atoms with Gasteiger partial charge >= 0.3 is 0 Å². The van der Waals surface area contributed by atoms with Gasteiger partial charge in [-0.2, -0.15) is 0 Å². The van der Waals surface area contributed by atoms with Crippen molar-refractivity contribution < 1.29 is 9.59 Å². The molecule has 0 spiro atoms. The molecule has 1 saturated heterocycles. The number of carbonyl (C=O) groups excluding carboxylic acids is 2. The van der Waals surface area contributed by atoms with Gasteiger partial charge in [0.2, 0.25) is 11.8 Å². The number of halogens is 1. The molecule has 17 heavy (non-hydrogen) atoms. The summed E-state index contributed by atoms with van der Waals surface area (Å²) in [7, 11) is 0. The van der Waals surface area contributed by atoms with Crippen LogP contribution in [0, 0.1) is 11.8 Å². The average molecular weight is 301 g/mol. The molecule has 2 aliphatic rings. The molecule has 1 unspecified atom stereocenters. The van der Waals surface area contributed by atoms with E-state index in [1.807, 2.05) is 4.90 Å². The molecular weight excluding hydrogens is 284 g/mol. The van der Waals surface area contributed by atoms with Crippen LogP contribution in [0.15, 0.2) is 11.1 Å². The number of nitrogens with zero attached hydrogens (tertiary/aromatic N) is 1. The van der Waals surface area contributed by atoms with Crippen LogP contribution >= 0.6 is 15.9 Å². The molecule has 94 valence electrons. The summed E-state index contributed by atoms with van der Waals surface area (Å²) in [4.78, 5) is 25.3. The summed E-state index contributed by atoms with van der Waals surface area (Å²) < 4.78 is 0.741. The average Bonchev–Trinajstić information content (AvgIpc) is 3.00. The van der Waals surface area contributed by atoms with Crippen molar-refractivity contribution in [2.45, 2.75) is 19.3 Å². The van der Waals surface area contributed by atoms with Crippen LogP contribution in [0.3, 0.4) is 0 Å². The van der Waals surface area contributed by atoms with Crippen LogP contribution in [-0.2, 0) is 9.59 Å². The highest BCUT2D eigenvalue weighted by Gasteiger charge is 2.36. The first-order valence-corrected chi connectivity index (χ1v) is 6.74. The van der Waals surface area contributed by atoms with E-state index in [9.17, 15) is 9.59 Å². The molecule has 2 fully saturated rings. The largest absolute Gasteiger partial charge is 0.351 e. The Bertz CT molecular complexity index is 352. The SMILES string of the molecule is C=C(Br)CNC(=O)C1CC(=O)N(CC2CC2)C1. The first kappa shape index (κ1) is 12.6. The third kappa shape index (κ3) is 3.56. The molecule has 2 amide bonds. The van der Waals surface area contributed by atoms with Gasteiger partial charge in [-0.15, -0.1) is 0 Å². The fourth-order valence-corrected chi connectivity index (χ4v) is 2.20. The van der Waals surface area contributed by atoms with Crippen LogP contribution in [-0.4, -0.2) is 36.3 Å². The van der Waals surface area contributed by atoms with E-state index >= 15 is 0 Å². The fourth-order valence-electron chi connectivity index (χ4n) is 2.06. The molecule has 0 aromatic rings. The van der Waals surface area contributed by atoms with Crippen molar-refractivity contribution in [3.05, 3.63) is 11.1 Å². The van der Waals surface area contributed by atoms with Gasteiger partial charge in [0.15, 0.2) is 0 Å². The zero-order valence-electron chi connectivity index (χ0n) is 9.75. The van der Waals surface area contributed by atoms with Crippen LogP contribution in [0.25, 0.3) is 0 Å². The highest BCUT2D eigenvalue weighted by atomic mass is 79.9. The van der Waals surface area contributed by atoms with Crippen LogP contribution in [0.2, 0.25) is 0 Å². The summed E-state index contributed by atoms with van der Waals surface area (Å²) in [5.74, 6) is 0.572. The molecular formula is C12H17BrN2O2. The normalized spacial score (nSPS) is 23.9. The number of rotatable bonds is 5. The van der Waals surface area contributed by atoms with Gasteiger partial charge in [0.05, 0.1) is 5.92 Å². The lowest BCUT2D eigenvalue weighted by Crippen LogP contribution is -2.34. The topological polar surface area (TPSA) is 49.4 Å². The minimum absolute atomic E-state index is 0.0442. The van der Waals surface area contributed by atoms with Crippen molar-refractivity contribution in [3.63, 3.8) is 0 Å². The van der Waals surface area contributed by atoms with E-state index in [1.165, 1.54) is 12.8 Å². The zero-order valence-corrected chi connectivity index (χ0v) is 11.3. The van der Waals surface area contributed by atoms with Crippen LogP contribution < -0.4 is 5.32 Å². The van der Waals surface area contributed by atoms with E-state index in [0.29, 0.717) is 25.4 Å². The van der Waals surface area contributed by atoms with E-state index in [1.54, 1.807) is 0 Å². The smallest absolute Gasteiger partial charge is 0.225 e. The molecule has 1 saturated carbocycles. The third-order valence-electron chi connectivity index (χ3n) is 3.22. The second-order valence-electron chi connectivity index (χ2n) is 4.88. The molecule has 1 aliphatic heterocycles. The highest BCUT2D eigenvalue weighted by Crippen LogP contribution is 2.31. The first-order valence-electron chi connectivity index (χ1n) is 5.95. The quantitative estimate of drug-likeness (QED) is 0.831. The van der Waals surface area contributed by atoms with Gasteiger partial charge in [0.25, 0.3) is 0 Å². The Labute approximate surface area is 110 Å². The third-order valence-corrected chi connectivity index (χ3v) is 3.50. The van der Waals surface area contributed by atoms with E-state index in [0.717, 1.165) is 11.0 Å². The molecule has 0 bridgehead atoms. The molecule has 1 heterocycles. The molecule has 0 radical (unpaired) electrons. The van der Waals surface area contributed by atoms with E-state index in [4.69, 9.17) is 0 Å². The summed E-state index contributed by atoms with van der Waals surface area (Å²) in [6.45, 7) is 5.50. The fraction of sp³-hybridized carbons (Fsp3) is 0.667. The second kappa shape index (κ2) is 5.21. The second-order valence-corrected chi connectivity index (χ2v) is 6.00. The predicted molar refractivity (Wildman–Crippen MR) is 68.5 cm³/mol. The lowest BCUT2D eigenvalue weighted by molar-refractivity contribution is -0.129. The molecule has 1 aliphatic carbocycles. The van der Waals surface area contributed by atoms with Crippen molar-refractivity contribution in [1.82, 2.24) is 10.2 Å². The van der Waals surface area contributed by atoms with Gasteiger partial charge in [-0.05, 0) is 18.8 Å². The molecule has 4 nitrogen and oxygen atoms in total. The summed E-state index contributed by atoms with van der Waals surface area (Å²) in [6.07, 6.45) is 2.81. The van der Waals surface area contributed by atoms with Crippen LogP contribution in [0.1, 0.15) is 19.3 Å². The van der Waals surface area contributed by atoms with Gasteiger partial charge < -0.3 is 10.2 Å². The number of amides is 2. The lowest BCUT2D eigenvalue weighted by Gasteiger charge is -2.15. The highest BCUT2D eigenvalue weighted by molar-refractivity contribution is 9.11. The number of carbonyl (C=O) groups is 2. The van der Waals surface area contributed by atoms with Crippen molar-refractivity contribution >= 4 is 27.7 Å². The van der Waals surface area contributed by atoms with Gasteiger partial charge in [-0.25, -0.2) is 0 Å². The molecule has 0 aromatic heterocycles. The van der Waals surface area contributed by atoms with Crippen LogP contribution in [0.5, 0.6) is 0 Å². The maximum Gasteiger partial charge on any atom is 0.225 e. The molecule has 1 atom stereocenters. The number of nitrogens with one attached hydrogen (secondary N) is 1. The Morgan fingerprint density at radius 1 is 1.53 bits per heavy atom. The zero-order chi connectivity index (χ0) is 12.4. The standard InChI is InChI=1S/C12H17BrN2O2/c1-8(13)5-14-12(17)10-4-11(16)15(7-10)6-9-2-3-9/h9-10H,1-7H2,(H,14,17). The lowest BCUT2D eigenvalue weighted by atomic mass is 10.1. The Morgan fingerprint density at radius 3 is 2.82 bits per heavy atom. The molecule has 2 rings (SSSR count). The van der Waals surface area contributed by atoms with E-state index < -0.39 is 0 Å². The van der Waals surface area contributed by atoms with Crippen LogP contribution in [0.4, 0.5) is 0 Å². The molecule has 1 N–H and O–H groups in total. The summed E-state index contributed by atoms with van der Waals surface area (Å²) in [5.41, 5.74) is 0. The summed E-state index contributed by atoms with van der Waals surface area (Å²) in [6, 6.07) is 0. The predicted octanol–water partition coefficient (Wildman–Crippen LogP) is 1.27. The van der Waals surface area contributed by atoms with Gasteiger partial charge in [0.1, 0.15) is 0 Å². The molecule has 5 heteroatoms. The number of hydrogen-bond acceptors (Lipinski definition) is 2. The number of likely N-dealkylation sites (tertiary alicyclic amines) is 1. The van der Waals surface area contributed by atoms with Crippen molar-refractivity contribution in [2.24, 2.45) is 11.8 Å². The Kier molecular flexibility index (Phi) is 3.86. The maximum atomic E-state index is 11.8. The van der Waals surface area contributed by atoms with Crippen molar-refractivity contribution in [2.75, 3.05) is 19.6 Å². The summed E-state index contributed by atoms with van der Waals surface area (Å²) in [5, 5.41) is 2.77. The van der Waals surface area contributed by atoms with Crippen molar-refractivity contribution in [1.29, 1.82) is 0 Å². The first-order chi connectivity index (χ1) is 8.06. The van der Waals surface area contributed by atoms with E-state index in [-0.39, 0.29) is 17.7 Å². The Hall–Kier alpha value is -0.840. The van der Waals surface area contributed by atoms with E-state index in [2.05, 4.69) is 27.8 Å². The van der Waals surface area contributed by atoms with Gasteiger partial charge in [0, 0.05) is 30.5 Å². The minimum Gasteiger partial charge on any atom is -0.351 e. The monoisotopic (exact) mass is 300 g/mol. The van der Waals surface area contributed by atoms with Gasteiger partial charge in [-0.1, -0.05) is 22.5 Å². The Morgan fingerprint density at radius 2 is 2.24 bits per heavy atom. The maximum absolute atomic E-state index is 11.8. The Balaban J connectivity index is 1.80. The minimum atomic E-state index is -0.187. The molecule has 0 aromatic carbocycles. The number of hydrogen-bond donors (Lipinski definition) is 1. The van der Waals surface area contributed by atoms with Crippen molar-refractivity contribution in [3.8, 4) is 0 Å².